The number of aliphatic carboxylic acids is 1. The summed E-state index contributed by atoms with van der Waals surface area (Å²) in [4.78, 5) is 12.8. The predicted molar refractivity (Wildman–Crippen MR) is 58.4 cm³/mol. The molecule has 0 bridgehead atoms. The summed E-state index contributed by atoms with van der Waals surface area (Å²) in [6.45, 7) is 8.51. The molecule has 0 aromatic heterocycles. The molecule has 0 heterocycles. The first-order chi connectivity index (χ1) is 6.40. The third-order valence-corrected chi connectivity index (χ3v) is 3.06. The summed E-state index contributed by atoms with van der Waals surface area (Å²) in [6, 6.07) is 0.587. The minimum absolute atomic E-state index is 0.157. The summed E-state index contributed by atoms with van der Waals surface area (Å²) in [6.07, 6.45) is 1.13. The van der Waals surface area contributed by atoms with Crippen LogP contribution in [0.5, 0.6) is 0 Å². The van der Waals surface area contributed by atoms with Crippen LogP contribution in [-0.4, -0.2) is 35.1 Å². The van der Waals surface area contributed by atoms with Gasteiger partial charge >= 0.3 is 5.97 Å². The molecule has 0 spiro atoms. The van der Waals surface area contributed by atoms with Crippen LogP contribution < -0.4 is 0 Å². The molecule has 0 aliphatic rings. The highest BCUT2D eigenvalue weighted by atomic mass is 16.4. The van der Waals surface area contributed by atoms with E-state index in [0.29, 0.717) is 12.0 Å². The Morgan fingerprint density at radius 1 is 1.36 bits per heavy atom. The summed E-state index contributed by atoms with van der Waals surface area (Å²) in [7, 11) is 2.02. The number of carbonyl (C=O) groups is 1. The molecule has 84 valence electrons. The van der Waals surface area contributed by atoms with E-state index in [4.69, 9.17) is 5.11 Å². The van der Waals surface area contributed by atoms with E-state index in [1.54, 1.807) is 0 Å². The van der Waals surface area contributed by atoms with E-state index < -0.39 is 5.97 Å². The first kappa shape index (κ1) is 13.4. The van der Waals surface area contributed by atoms with Gasteiger partial charge in [-0.15, -0.1) is 0 Å². The number of nitrogens with zero attached hydrogens (tertiary/aromatic N) is 1. The molecule has 0 radical (unpaired) electrons. The average molecular weight is 201 g/mol. The van der Waals surface area contributed by atoms with E-state index in [9.17, 15) is 4.79 Å². The first-order valence-electron chi connectivity index (χ1n) is 5.33. The second-order valence-corrected chi connectivity index (χ2v) is 4.31. The van der Waals surface area contributed by atoms with E-state index in [1.165, 1.54) is 0 Å². The number of rotatable bonds is 6. The molecule has 3 heteroatoms. The zero-order chi connectivity index (χ0) is 11.3. The zero-order valence-electron chi connectivity index (χ0n) is 9.95. The van der Waals surface area contributed by atoms with Crippen molar-refractivity contribution in [1.82, 2.24) is 4.90 Å². The molecule has 2 unspecified atom stereocenters. The smallest absolute Gasteiger partial charge is 0.304 e. The quantitative estimate of drug-likeness (QED) is 0.716. The number of hydrogen-bond acceptors (Lipinski definition) is 2. The van der Waals surface area contributed by atoms with Gasteiger partial charge in [-0.05, 0) is 26.3 Å². The molecular weight excluding hydrogens is 178 g/mol. The van der Waals surface area contributed by atoms with Crippen molar-refractivity contribution in [2.45, 2.75) is 52.6 Å². The molecule has 1 N–H and O–H groups in total. The Labute approximate surface area is 87.1 Å². The van der Waals surface area contributed by atoms with Gasteiger partial charge in [0.15, 0.2) is 0 Å². The van der Waals surface area contributed by atoms with Crippen molar-refractivity contribution >= 4 is 5.97 Å². The third kappa shape index (κ3) is 4.09. The van der Waals surface area contributed by atoms with E-state index in [1.807, 2.05) is 14.0 Å². The number of carboxylic acids is 1. The summed E-state index contributed by atoms with van der Waals surface area (Å²) >= 11 is 0. The summed E-state index contributed by atoms with van der Waals surface area (Å²) in [5, 5.41) is 8.76. The Kier molecular flexibility index (Phi) is 5.77. The molecule has 0 fully saturated rings. The van der Waals surface area contributed by atoms with Crippen LogP contribution in [0.2, 0.25) is 0 Å². The SMILES string of the molecule is CCC(CC(=O)O)N(C)C(C)C(C)C. The van der Waals surface area contributed by atoms with Crippen molar-refractivity contribution in [1.29, 1.82) is 0 Å². The predicted octanol–water partition coefficient (Wildman–Crippen LogP) is 2.22. The molecule has 0 saturated heterocycles. The van der Waals surface area contributed by atoms with Crippen LogP contribution in [0.3, 0.4) is 0 Å². The van der Waals surface area contributed by atoms with Gasteiger partial charge in [-0.1, -0.05) is 20.8 Å². The Bertz CT molecular complexity index is 180. The van der Waals surface area contributed by atoms with Crippen LogP contribution in [0.15, 0.2) is 0 Å². The Hall–Kier alpha value is -0.570. The maximum absolute atomic E-state index is 10.6. The summed E-state index contributed by atoms with van der Waals surface area (Å²) < 4.78 is 0. The molecule has 0 aromatic rings. The molecule has 0 rings (SSSR count). The summed E-state index contributed by atoms with van der Waals surface area (Å²) in [5.74, 6) is -0.150. The summed E-state index contributed by atoms with van der Waals surface area (Å²) in [5.41, 5.74) is 0. The molecule has 0 aliphatic heterocycles. The highest BCUT2D eigenvalue weighted by molar-refractivity contribution is 5.67. The van der Waals surface area contributed by atoms with Crippen LogP contribution in [0, 0.1) is 5.92 Å². The lowest BCUT2D eigenvalue weighted by atomic mass is 10.0. The molecule has 14 heavy (non-hydrogen) atoms. The topological polar surface area (TPSA) is 40.5 Å². The largest absolute Gasteiger partial charge is 0.481 e. The fraction of sp³-hybridized carbons (Fsp3) is 0.909. The Balaban J connectivity index is 4.29. The number of carboxylic acid groups (broad SMARTS) is 1. The van der Waals surface area contributed by atoms with Crippen LogP contribution in [0.4, 0.5) is 0 Å². The van der Waals surface area contributed by atoms with Gasteiger partial charge in [0, 0.05) is 12.1 Å². The lowest BCUT2D eigenvalue weighted by Crippen LogP contribution is -2.42. The van der Waals surface area contributed by atoms with Crippen molar-refractivity contribution < 1.29 is 9.90 Å². The third-order valence-electron chi connectivity index (χ3n) is 3.06. The van der Waals surface area contributed by atoms with Crippen molar-refractivity contribution in [3.05, 3.63) is 0 Å². The fourth-order valence-electron chi connectivity index (χ4n) is 1.58. The lowest BCUT2D eigenvalue weighted by molar-refractivity contribution is -0.138. The van der Waals surface area contributed by atoms with E-state index in [-0.39, 0.29) is 12.5 Å². The normalized spacial score (nSPS) is 15.9. The molecule has 0 aliphatic carbocycles. The molecule has 0 amide bonds. The molecule has 2 atom stereocenters. The van der Waals surface area contributed by atoms with Crippen LogP contribution >= 0.6 is 0 Å². The van der Waals surface area contributed by atoms with E-state index in [2.05, 4.69) is 25.7 Å². The Morgan fingerprint density at radius 3 is 2.14 bits per heavy atom. The van der Waals surface area contributed by atoms with Crippen molar-refractivity contribution in [2.24, 2.45) is 5.92 Å². The molecule has 0 aromatic carbocycles. The zero-order valence-corrected chi connectivity index (χ0v) is 9.95. The van der Waals surface area contributed by atoms with Gasteiger partial charge in [0.1, 0.15) is 0 Å². The first-order valence-corrected chi connectivity index (χ1v) is 5.33. The van der Waals surface area contributed by atoms with Gasteiger partial charge in [-0.25, -0.2) is 0 Å². The number of hydrogen-bond donors (Lipinski definition) is 1. The van der Waals surface area contributed by atoms with Crippen molar-refractivity contribution in [3.63, 3.8) is 0 Å². The fourth-order valence-corrected chi connectivity index (χ4v) is 1.58. The van der Waals surface area contributed by atoms with Crippen LogP contribution in [0.25, 0.3) is 0 Å². The molecule has 0 saturated carbocycles. The van der Waals surface area contributed by atoms with E-state index >= 15 is 0 Å². The van der Waals surface area contributed by atoms with Gasteiger partial charge < -0.3 is 5.11 Å². The maximum atomic E-state index is 10.6. The maximum Gasteiger partial charge on any atom is 0.304 e. The van der Waals surface area contributed by atoms with Gasteiger partial charge in [0.2, 0.25) is 0 Å². The minimum atomic E-state index is -0.709. The second kappa shape index (κ2) is 6.02. The Morgan fingerprint density at radius 2 is 1.86 bits per heavy atom. The van der Waals surface area contributed by atoms with Gasteiger partial charge in [-0.3, -0.25) is 9.69 Å². The van der Waals surface area contributed by atoms with Crippen LogP contribution in [0.1, 0.15) is 40.5 Å². The van der Waals surface area contributed by atoms with Gasteiger partial charge in [0.05, 0.1) is 6.42 Å². The standard InChI is InChI=1S/C11H23NO2/c1-6-10(7-11(13)14)12(5)9(4)8(2)3/h8-10H,6-7H2,1-5H3,(H,13,14). The van der Waals surface area contributed by atoms with Crippen LogP contribution in [-0.2, 0) is 4.79 Å². The second-order valence-electron chi connectivity index (χ2n) is 4.31. The van der Waals surface area contributed by atoms with Crippen molar-refractivity contribution in [2.75, 3.05) is 7.05 Å². The average Bonchev–Trinajstić information content (AvgIpc) is 2.11. The van der Waals surface area contributed by atoms with Gasteiger partial charge in [-0.2, -0.15) is 0 Å². The highest BCUT2D eigenvalue weighted by Gasteiger charge is 2.22. The van der Waals surface area contributed by atoms with Gasteiger partial charge in [0.25, 0.3) is 0 Å². The minimum Gasteiger partial charge on any atom is -0.481 e. The highest BCUT2D eigenvalue weighted by Crippen LogP contribution is 2.15. The monoisotopic (exact) mass is 201 g/mol. The molecule has 3 nitrogen and oxygen atoms in total. The van der Waals surface area contributed by atoms with Crippen molar-refractivity contribution in [3.8, 4) is 0 Å². The molecular formula is C11H23NO2. The van der Waals surface area contributed by atoms with E-state index in [0.717, 1.165) is 6.42 Å². The lowest BCUT2D eigenvalue weighted by Gasteiger charge is -2.34.